The summed E-state index contributed by atoms with van der Waals surface area (Å²) >= 11 is 0. The highest BCUT2D eigenvalue weighted by Crippen LogP contribution is 2.43. The highest BCUT2D eigenvalue weighted by molar-refractivity contribution is 5.91. The molecule has 0 aliphatic heterocycles. The largest absolute Gasteiger partial charge is 0.328 e. The van der Waals surface area contributed by atoms with Crippen molar-refractivity contribution in [2.45, 2.75) is 31.7 Å². The molecule has 3 rings (SSSR count). The van der Waals surface area contributed by atoms with E-state index in [2.05, 4.69) is 15.6 Å². The van der Waals surface area contributed by atoms with Crippen LogP contribution in [0.1, 0.15) is 31.7 Å². The zero-order chi connectivity index (χ0) is 19.6. The lowest BCUT2D eigenvalue weighted by Gasteiger charge is -2.43. The Hall–Kier alpha value is -3.03. The average molecular weight is 374 g/mol. The van der Waals surface area contributed by atoms with Gasteiger partial charge < -0.3 is 15.5 Å². The van der Waals surface area contributed by atoms with E-state index >= 15 is 0 Å². The third-order valence-electron chi connectivity index (χ3n) is 4.82. The summed E-state index contributed by atoms with van der Waals surface area (Å²) in [4.78, 5) is 29.2. The van der Waals surface area contributed by atoms with Gasteiger partial charge in [-0.3, -0.25) is 4.79 Å². The molecule has 1 aliphatic rings. The summed E-state index contributed by atoms with van der Waals surface area (Å²) in [5.74, 6) is -1.07. The fraction of sp³-hybridized carbons (Fsp3) is 0.316. The Balaban J connectivity index is 1.72. The molecular formula is C19H20F2N4O2. The van der Waals surface area contributed by atoms with E-state index in [-0.39, 0.29) is 11.5 Å². The van der Waals surface area contributed by atoms with Crippen LogP contribution >= 0.6 is 0 Å². The molecule has 1 aliphatic carbocycles. The Bertz CT molecular complexity index is 846. The lowest BCUT2D eigenvalue weighted by atomic mass is 9.71. The first-order valence-corrected chi connectivity index (χ1v) is 8.56. The van der Waals surface area contributed by atoms with Gasteiger partial charge in [0.05, 0.1) is 17.4 Å². The topological polar surface area (TPSA) is 74.3 Å². The predicted octanol–water partition coefficient (Wildman–Crippen LogP) is 3.54. The molecule has 0 saturated heterocycles. The molecule has 0 spiro atoms. The van der Waals surface area contributed by atoms with Crippen molar-refractivity contribution in [3.8, 4) is 0 Å². The summed E-state index contributed by atoms with van der Waals surface area (Å²) in [6, 6.07) is 6.28. The van der Waals surface area contributed by atoms with E-state index in [9.17, 15) is 18.4 Å². The molecule has 0 bridgehead atoms. The van der Waals surface area contributed by atoms with Crippen LogP contribution in [-0.2, 0) is 10.3 Å². The normalized spacial score (nSPS) is 14.8. The molecule has 2 N–H and O–H groups in total. The number of hydrogen-bond donors (Lipinski definition) is 2. The van der Waals surface area contributed by atoms with Crippen molar-refractivity contribution in [3.63, 3.8) is 0 Å². The number of halogens is 2. The molecule has 0 radical (unpaired) electrons. The minimum Gasteiger partial charge on any atom is -0.328 e. The summed E-state index contributed by atoms with van der Waals surface area (Å²) in [7, 11) is 1.59. The number of carbonyl (C=O) groups excluding carboxylic acids is 2. The van der Waals surface area contributed by atoms with Crippen LogP contribution in [0.25, 0.3) is 0 Å². The number of urea groups is 1. The van der Waals surface area contributed by atoms with Gasteiger partial charge in [0, 0.05) is 19.5 Å². The van der Waals surface area contributed by atoms with Crippen LogP contribution in [-0.4, -0.2) is 24.0 Å². The van der Waals surface area contributed by atoms with Crippen molar-refractivity contribution in [1.82, 2.24) is 10.3 Å². The fourth-order valence-corrected chi connectivity index (χ4v) is 3.12. The van der Waals surface area contributed by atoms with Crippen LogP contribution in [0.3, 0.4) is 0 Å². The summed E-state index contributed by atoms with van der Waals surface area (Å²) in [6.45, 7) is 1.42. The molecule has 1 heterocycles. The van der Waals surface area contributed by atoms with Crippen molar-refractivity contribution in [2.75, 3.05) is 17.3 Å². The zero-order valence-electron chi connectivity index (χ0n) is 15.1. The number of nitrogens with zero attached hydrogens (tertiary/aromatic N) is 2. The minimum absolute atomic E-state index is 0.108. The molecule has 142 valence electrons. The fourth-order valence-electron chi connectivity index (χ4n) is 3.12. The third kappa shape index (κ3) is 3.74. The molecule has 6 nitrogen and oxygen atoms in total. The van der Waals surface area contributed by atoms with Gasteiger partial charge in [0.15, 0.2) is 0 Å². The standard InChI is InChI=1S/C19H20F2N4O2/c1-12(26)25(2)16-8-7-13(11-22-16)23-18(27)24-19(9-4-10-19)17-14(20)5-3-6-15(17)21/h3,5-8,11H,4,9-10H2,1-2H3,(H2,23,24,27). The Kier molecular flexibility index (Phi) is 5.07. The van der Waals surface area contributed by atoms with Gasteiger partial charge in [-0.2, -0.15) is 0 Å². The average Bonchev–Trinajstić information content (AvgIpc) is 2.59. The first-order chi connectivity index (χ1) is 12.8. The molecular weight excluding hydrogens is 354 g/mol. The maximum Gasteiger partial charge on any atom is 0.319 e. The number of amides is 3. The number of anilines is 2. The van der Waals surface area contributed by atoms with Crippen LogP contribution in [0.2, 0.25) is 0 Å². The molecule has 0 atom stereocenters. The zero-order valence-corrected chi connectivity index (χ0v) is 15.1. The number of rotatable bonds is 4. The SMILES string of the molecule is CC(=O)N(C)c1ccc(NC(=O)NC2(c3c(F)cccc3F)CCC2)cn1. The monoisotopic (exact) mass is 374 g/mol. The molecule has 1 aromatic heterocycles. The second-order valence-electron chi connectivity index (χ2n) is 6.59. The van der Waals surface area contributed by atoms with E-state index in [4.69, 9.17) is 0 Å². The molecule has 1 saturated carbocycles. The van der Waals surface area contributed by atoms with E-state index < -0.39 is 23.2 Å². The molecule has 1 aromatic carbocycles. The van der Waals surface area contributed by atoms with Crippen LogP contribution < -0.4 is 15.5 Å². The first kappa shape index (κ1) is 18.8. The van der Waals surface area contributed by atoms with E-state index in [0.29, 0.717) is 24.3 Å². The van der Waals surface area contributed by atoms with Gasteiger partial charge in [0.25, 0.3) is 0 Å². The molecule has 0 unspecified atom stereocenters. The van der Waals surface area contributed by atoms with Gasteiger partial charge >= 0.3 is 6.03 Å². The highest BCUT2D eigenvalue weighted by Gasteiger charge is 2.44. The summed E-state index contributed by atoms with van der Waals surface area (Å²) in [5.41, 5.74) is -0.763. The smallest absolute Gasteiger partial charge is 0.319 e. The second kappa shape index (κ2) is 7.30. The van der Waals surface area contributed by atoms with E-state index in [1.54, 1.807) is 19.2 Å². The van der Waals surface area contributed by atoms with Crippen molar-refractivity contribution in [2.24, 2.45) is 0 Å². The van der Waals surface area contributed by atoms with Gasteiger partial charge in [-0.25, -0.2) is 18.6 Å². The Morgan fingerprint density at radius 3 is 2.30 bits per heavy atom. The lowest BCUT2D eigenvalue weighted by molar-refractivity contribution is -0.116. The molecule has 3 amide bonds. The van der Waals surface area contributed by atoms with Crippen LogP contribution in [0.5, 0.6) is 0 Å². The third-order valence-corrected chi connectivity index (χ3v) is 4.82. The van der Waals surface area contributed by atoms with Gasteiger partial charge in [0.1, 0.15) is 17.5 Å². The summed E-state index contributed by atoms with van der Waals surface area (Å²) in [6.07, 6.45) is 3.09. The van der Waals surface area contributed by atoms with E-state index in [1.165, 1.54) is 36.2 Å². The van der Waals surface area contributed by atoms with E-state index in [1.807, 2.05) is 0 Å². The van der Waals surface area contributed by atoms with Gasteiger partial charge in [-0.15, -0.1) is 0 Å². The molecule has 1 fully saturated rings. The number of pyridine rings is 1. The number of aromatic nitrogens is 1. The molecule has 27 heavy (non-hydrogen) atoms. The molecule has 2 aromatic rings. The molecule has 8 heteroatoms. The van der Waals surface area contributed by atoms with Crippen LogP contribution in [0.15, 0.2) is 36.5 Å². The lowest BCUT2D eigenvalue weighted by Crippen LogP contribution is -2.53. The van der Waals surface area contributed by atoms with Crippen molar-refractivity contribution in [3.05, 3.63) is 53.7 Å². The number of carbonyl (C=O) groups is 2. The Labute approximate surface area is 155 Å². The summed E-state index contributed by atoms with van der Waals surface area (Å²) in [5, 5.41) is 5.32. The van der Waals surface area contributed by atoms with Crippen molar-refractivity contribution in [1.29, 1.82) is 0 Å². The van der Waals surface area contributed by atoms with Crippen LogP contribution in [0.4, 0.5) is 25.1 Å². The first-order valence-electron chi connectivity index (χ1n) is 8.56. The van der Waals surface area contributed by atoms with E-state index in [0.717, 1.165) is 6.42 Å². The maximum absolute atomic E-state index is 14.2. The maximum atomic E-state index is 14.2. The van der Waals surface area contributed by atoms with Crippen LogP contribution in [0, 0.1) is 11.6 Å². The second-order valence-corrected chi connectivity index (χ2v) is 6.59. The number of benzene rings is 1. The van der Waals surface area contributed by atoms with Crippen molar-refractivity contribution >= 4 is 23.4 Å². The van der Waals surface area contributed by atoms with Gasteiger partial charge in [0.2, 0.25) is 5.91 Å². The number of hydrogen-bond acceptors (Lipinski definition) is 3. The quantitative estimate of drug-likeness (QED) is 0.860. The Morgan fingerprint density at radius 1 is 1.15 bits per heavy atom. The number of nitrogens with one attached hydrogen (secondary N) is 2. The minimum atomic E-state index is -1.05. The van der Waals surface area contributed by atoms with Gasteiger partial charge in [-0.05, 0) is 43.5 Å². The Morgan fingerprint density at radius 2 is 1.81 bits per heavy atom. The van der Waals surface area contributed by atoms with Crippen molar-refractivity contribution < 1.29 is 18.4 Å². The predicted molar refractivity (Wildman–Crippen MR) is 97.4 cm³/mol. The summed E-state index contributed by atoms with van der Waals surface area (Å²) < 4.78 is 28.4. The highest BCUT2D eigenvalue weighted by atomic mass is 19.1. The van der Waals surface area contributed by atoms with Gasteiger partial charge in [-0.1, -0.05) is 6.07 Å².